The van der Waals surface area contributed by atoms with E-state index in [9.17, 15) is 14.0 Å². The average Bonchev–Trinajstić information content (AvgIpc) is 3.39. The van der Waals surface area contributed by atoms with E-state index in [0.29, 0.717) is 28.5 Å². The second-order valence-electron chi connectivity index (χ2n) is 6.84. The molecule has 0 radical (unpaired) electrons. The molecule has 0 spiro atoms. The van der Waals surface area contributed by atoms with Gasteiger partial charge in [-0.3, -0.25) is 9.59 Å². The van der Waals surface area contributed by atoms with Crippen molar-refractivity contribution in [3.05, 3.63) is 71.0 Å². The number of halogens is 1. The fraction of sp³-hybridized carbons (Fsp3) is 0.182. The Kier molecular flexibility index (Phi) is 6.41. The van der Waals surface area contributed by atoms with E-state index in [1.807, 2.05) is 23.6 Å². The molecule has 10 heteroatoms. The van der Waals surface area contributed by atoms with Crippen LogP contribution in [0, 0.1) is 5.82 Å². The molecule has 0 saturated carbocycles. The predicted octanol–water partition coefficient (Wildman–Crippen LogP) is 2.58. The first kappa shape index (κ1) is 21.4. The molecule has 4 rings (SSSR count). The number of methoxy groups -OCH3 is 1. The SMILES string of the molecule is COc1ccccc1CNC(=O)C(=O)NCCc1csc2nc(-c3ccccc3F)nn12. The van der Waals surface area contributed by atoms with Gasteiger partial charge in [-0.1, -0.05) is 30.3 Å². The van der Waals surface area contributed by atoms with Crippen molar-refractivity contribution in [2.45, 2.75) is 13.0 Å². The van der Waals surface area contributed by atoms with Crippen molar-refractivity contribution in [2.24, 2.45) is 0 Å². The van der Waals surface area contributed by atoms with E-state index < -0.39 is 17.6 Å². The van der Waals surface area contributed by atoms with Gasteiger partial charge in [-0.25, -0.2) is 8.91 Å². The fourth-order valence-corrected chi connectivity index (χ4v) is 4.00. The standard InChI is InChI=1S/C22H20FN5O3S/c1-31-18-9-5-2-6-14(18)12-25-21(30)20(29)24-11-10-15-13-32-22-26-19(27-28(15)22)16-7-3-4-8-17(16)23/h2-9,13H,10-12H2,1H3,(H,24,29)(H,25,30). The smallest absolute Gasteiger partial charge is 0.309 e. The lowest BCUT2D eigenvalue weighted by Crippen LogP contribution is -2.40. The van der Waals surface area contributed by atoms with Crippen molar-refractivity contribution in [3.63, 3.8) is 0 Å². The van der Waals surface area contributed by atoms with E-state index in [2.05, 4.69) is 20.7 Å². The Balaban J connectivity index is 1.32. The van der Waals surface area contributed by atoms with Gasteiger partial charge >= 0.3 is 11.8 Å². The number of aromatic nitrogens is 3. The second kappa shape index (κ2) is 9.56. The number of carbonyl (C=O) groups excluding carboxylic acids is 2. The number of carbonyl (C=O) groups is 2. The molecule has 0 unspecified atom stereocenters. The van der Waals surface area contributed by atoms with Crippen LogP contribution in [0.3, 0.4) is 0 Å². The van der Waals surface area contributed by atoms with E-state index in [1.165, 1.54) is 17.4 Å². The molecule has 0 fully saturated rings. The first-order valence-electron chi connectivity index (χ1n) is 9.83. The van der Waals surface area contributed by atoms with Gasteiger partial charge < -0.3 is 15.4 Å². The molecular formula is C22H20FN5O3S. The molecule has 2 heterocycles. The Morgan fingerprint density at radius 2 is 1.84 bits per heavy atom. The summed E-state index contributed by atoms with van der Waals surface area (Å²) in [7, 11) is 1.54. The molecule has 2 amide bonds. The highest BCUT2D eigenvalue weighted by Crippen LogP contribution is 2.23. The predicted molar refractivity (Wildman–Crippen MR) is 118 cm³/mol. The third-order valence-corrected chi connectivity index (χ3v) is 5.63. The molecule has 0 atom stereocenters. The number of nitrogens with one attached hydrogen (secondary N) is 2. The topological polar surface area (TPSA) is 97.6 Å². The van der Waals surface area contributed by atoms with Gasteiger partial charge in [0, 0.05) is 30.5 Å². The van der Waals surface area contributed by atoms with E-state index in [1.54, 1.807) is 35.9 Å². The zero-order valence-electron chi connectivity index (χ0n) is 17.2. The Hall–Kier alpha value is -3.79. The number of benzene rings is 2. The fourth-order valence-electron chi connectivity index (χ4n) is 3.14. The highest BCUT2D eigenvalue weighted by atomic mass is 32.1. The maximum atomic E-state index is 14.0. The summed E-state index contributed by atoms with van der Waals surface area (Å²) in [6.07, 6.45) is 0.436. The molecule has 0 aliphatic heterocycles. The molecule has 4 aromatic rings. The summed E-state index contributed by atoms with van der Waals surface area (Å²) in [5.41, 5.74) is 1.90. The van der Waals surface area contributed by atoms with Crippen LogP contribution in [0.5, 0.6) is 5.75 Å². The largest absolute Gasteiger partial charge is 0.496 e. The maximum Gasteiger partial charge on any atom is 0.309 e. The minimum atomic E-state index is -0.728. The summed E-state index contributed by atoms with van der Waals surface area (Å²) in [4.78, 5) is 29.2. The molecule has 2 N–H and O–H groups in total. The minimum absolute atomic E-state index is 0.180. The average molecular weight is 453 g/mol. The molecule has 32 heavy (non-hydrogen) atoms. The van der Waals surface area contributed by atoms with Gasteiger partial charge in [-0.15, -0.1) is 16.4 Å². The number of ether oxygens (including phenoxy) is 1. The van der Waals surface area contributed by atoms with Crippen LogP contribution in [0.25, 0.3) is 16.3 Å². The quantitative estimate of drug-likeness (QED) is 0.419. The number of hydrogen-bond acceptors (Lipinski definition) is 6. The summed E-state index contributed by atoms with van der Waals surface area (Å²) in [5, 5.41) is 11.4. The molecule has 0 bridgehead atoms. The Bertz CT molecular complexity index is 1270. The highest BCUT2D eigenvalue weighted by molar-refractivity contribution is 7.15. The van der Waals surface area contributed by atoms with Gasteiger partial charge in [0.05, 0.1) is 18.4 Å². The number of amides is 2. The molecule has 0 aliphatic rings. The van der Waals surface area contributed by atoms with Crippen LogP contribution in [-0.2, 0) is 22.6 Å². The van der Waals surface area contributed by atoms with Crippen LogP contribution < -0.4 is 15.4 Å². The Morgan fingerprint density at radius 1 is 1.09 bits per heavy atom. The van der Waals surface area contributed by atoms with Gasteiger partial charge in [-0.05, 0) is 18.2 Å². The first-order valence-corrected chi connectivity index (χ1v) is 10.7. The van der Waals surface area contributed by atoms with Crippen LogP contribution in [0.4, 0.5) is 4.39 Å². The number of para-hydroxylation sites is 1. The lowest BCUT2D eigenvalue weighted by atomic mass is 10.2. The van der Waals surface area contributed by atoms with Crippen LogP contribution in [0.15, 0.2) is 53.9 Å². The molecule has 164 valence electrons. The number of fused-ring (bicyclic) bond motifs is 1. The second-order valence-corrected chi connectivity index (χ2v) is 7.67. The van der Waals surface area contributed by atoms with Crippen molar-refractivity contribution in [1.82, 2.24) is 25.2 Å². The lowest BCUT2D eigenvalue weighted by molar-refractivity contribution is -0.139. The van der Waals surface area contributed by atoms with Gasteiger partial charge in [0.2, 0.25) is 4.96 Å². The van der Waals surface area contributed by atoms with E-state index in [4.69, 9.17) is 4.74 Å². The Labute approximate surface area is 187 Å². The minimum Gasteiger partial charge on any atom is -0.496 e. The molecule has 0 saturated heterocycles. The van der Waals surface area contributed by atoms with Crippen molar-refractivity contribution < 1.29 is 18.7 Å². The van der Waals surface area contributed by atoms with Crippen LogP contribution >= 0.6 is 11.3 Å². The van der Waals surface area contributed by atoms with Crippen molar-refractivity contribution in [3.8, 4) is 17.1 Å². The summed E-state index contributed by atoms with van der Waals surface area (Å²) >= 11 is 1.37. The van der Waals surface area contributed by atoms with Crippen LogP contribution in [0.1, 0.15) is 11.3 Å². The molecule has 2 aromatic carbocycles. The van der Waals surface area contributed by atoms with Gasteiger partial charge in [0.1, 0.15) is 11.6 Å². The van der Waals surface area contributed by atoms with Crippen LogP contribution in [0.2, 0.25) is 0 Å². The van der Waals surface area contributed by atoms with E-state index >= 15 is 0 Å². The van der Waals surface area contributed by atoms with E-state index in [0.717, 1.165) is 11.3 Å². The zero-order chi connectivity index (χ0) is 22.5. The zero-order valence-corrected chi connectivity index (χ0v) is 18.0. The summed E-state index contributed by atoms with van der Waals surface area (Å²) in [5.74, 6) is -0.905. The van der Waals surface area contributed by atoms with Crippen molar-refractivity contribution >= 4 is 28.1 Å². The third kappa shape index (κ3) is 4.59. The van der Waals surface area contributed by atoms with Gasteiger partial charge in [0.15, 0.2) is 5.82 Å². The first-order chi connectivity index (χ1) is 15.6. The van der Waals surface area contributed by atoms with Crippen molar-refractivity contribution in [1.29, 1.82) is 0 Å². The number of nitrogens with zero attached hydrogens (tertiary/aromatic N) is 3. The molecule has 0 aliphatic carbocycles. The van der Waals surface area contributed by atoms with Gasteiger partial charge in [-0.2, -0.15) is 4.98 Å². The molecular weight excluding hydrogens is 433 g/mol. The highest BCUT2D eigenvalue weighted by Gasteiger charge is 2.16. The van der Waals surface area contributed by atoms with Gasteiger partial charge in [0.25, 0.3) is 0 Å². The molecule has 8 nitrogen and oxygen atoms in total. The normalized spacial score (nSPS) is 10.8. The summed E-state index contributed by atoms with van der Waals surface area (Å²) < 4.78 is 20.9. The number of thiazole rings is 1. The molecule has 2 aromatic heterocycles. The van der Waals surface area contributed by atoms with Crippen LogP contribution in [-0.4, -0.2) is 40.1 Å². The third-order valence-electron chi connectivity index (χ3n) is 4.77. The maximum absolute atomic E-state index is 14.0. The van der Waals surface area contributed by atoms with Crippen molar-refractivity contribution in [2.75, 3.05) is 13.7 Å². The Morgan fingerprint density at radius 3 is 2.66 bits per heavy atom. The summed E-state index contributed by atoms with van der Waals surface area (Å²) in [6.45, 7) is 0.417. The monoisotopic (exact) mass is 453 g/mol. The number of rotatable bonds is 7. The van der Waals surface area contributed by atoms with E-state index in [-0.39, 0.29) is 13.1 Å². The number of hydrogen-bond donors (Lipinski definition) is 2. The summed E-state index contributed by atoms with van der Waals surface area (Å²) in [6, 6.07) is 13.6. The lowest BCUT2D eigenvalue weighted by Gasteiger charge is -2.09.